The van der Waals surface area contributed by atoms with Crippen molar-refractivity contribution in [2.24, 2.45) is 0 Å². The van der Waals surface area contributed by atoms with E-state index in [9.17, 15) is 4.79 Å². The second kappa shape index (κ2) is 4.68. The van der Waals surface area contributed by atoms with E-state index >= 15 is 0 Å². The summed E-state index contributed by atoms with van der Waals surface area (Å²) in [5.74, 6) is 0.297. The molecule has 0 aromatic carbocycles. The zero-order valence-electron chi connectivity index (χ0n) is 9.96. The Bertz CT molecular complexity index is 749. The largest absolute Gasteiger partial charge is 0.465 e. The molecule has 4 nitrogen and oxygen atoms in total. The summed E-state index contributed by atoms with van der Waals surface area (Å²) in [7, 11) is 1.34. The topological polar surface area (TPSA) is 43.6 Å². The predicted molar refractivity (Wildman–Crippen MR) is 74.9 cm³/mol. The van der Waals surface area contributed by atoms with E-state index in [2.05, 4.69) is 4.98 Å². The molecule has 0 amide bonds. The first kappa shape index (κ1) is 12.2. The maximum atomic E-state index is 11.8. The summed E-state index contributed by atoms with van der Waals surface area (Å²) in [6.45, 7) is 0. The normalized spacial score (nSPS) is 10.8. The molecule has 0 spiro atoms. The lowest BCUT2D eigenvalue weighted by Crippen LogP contribution is -2.03. The van der Waals surface area contributed by atoms with Crippen molar-refractivity contribution in [3.63, 3.8) is 0 Å². The molecule has 0 bridgehead atoms. The molecule has 19 heavy (non-hydrogen) atoms. The zero-order valence-corrected chi connectivity index (χ0v) is 11.5. The first-order valence-electron chi connectivity index (χ1n) is 5.51. The first-order chi connectivity index (χ1) is 9.22. The number of fused-ring (bicyclic) bond motifs is 1. The summed E-state index contributed by atoms with van der Waals surface area (Å²) in [5.41, 5.74) is 0.977. The van der Waals surface area contributed by atoms with Crippen molar-refractivity contribution in [1.82, 2.24) is 9.38 Å². The number of ether oxygens (including phenoxy) is 1. The Labute approximate surface area is 118 Å². The van der Waals surface area contributed by atoms with Crippen LogP contribution in [-0.4, -0.2) is 22.5 Å². The van der Waals surface area contributed by atoms with Crippen LogP contribution in [0.1, 0.15) is 10.4 Å². The SMILES string of the molecule is COC(=O)c1cccn2c(-c3cccs3)nc(Cl)c12. The van der Waals surface area contributed by atoms with Gasteiger partial charge in [-0.3, -0.25) is 4.40 Å². The van der Waals surface area contributed by atoms with Gasteiger partial charge in [0.25, 0.3) is 0 Å². The van der Waals surface area contributed by atoms with E-state index in [1.165, 1.54) is 7.11 Å². The molecule has 0 saturated heterocycles. The maximum absolute atomic E-state index is 11.8. The minimum Gasteiger partial charge on any atom is -0.465 e. The molecule has 0 aliphatic heterocycles. The number of halogens is 1. The summed E-state index contributed by atoms with van der Waals surface area (Å²) in [4.78, 5) is 17.1. The Balaban J connectivity index is 2.32. The molecule has 0 radical (unpaired) electrons. The average Bonchev–Trinajstić information content (AvgIpc) is 3.06. The lowest BCUT2D eigenvalue weighted by atomic mass is 10.2. The molecule has 0 saturated carbocycles. The molecular weight excluding hydrogens is 284 g/mol. The molecule has 3 aromatic heterocycles. The number of thiophene rings is 1. The molecule has 96 valence electrons. The molecule has 6 heteroatoms. The third kappa shape index (κ3) is 1.91. The number of hydrogen-bond acceptors (Lipinski definition) is 4. The van der Waals surface area contributed by atoms with Crippen molar-refractivity contribution in [3.8, 4) is 10.7 Å². The van der Waals surface area contributed by atoms with Gasteiger partial charge in [0.1, 0.15) is 0 Å². The van der Waals surface area contributed by atoms with Crippen LogP contribution in [0.15, 0.2) is 35.8 Å². The number of aromatic nitrogens is 2. The van der Waals surface area contributed by atoms with Gasteiger partial charge in [-0.05, 0) is 23.6 Å². The molecule has 0 unspecified atom stereocenters. The van der Waals surface area contributed by atoms with Crippen molar-refractivity contribution in [1.29, 1.82) is 0 Å². The zero-order chi connectivity index (χ0) is 13.4. The molecule has 0 N–H and O–H groups in total. The lowest BCUT2D eigenvalue weighted by Gasteiger charge is -2.03. The van der Waals surface area contributed by atoms with Crippen molar-refractivity contribution in [3.05, 3.63) is 46.6 Å². The van der Waals surface area contributed by atoms with Crippen LogP contribution in [-0.2, 0) is 4.74 Å². The highest BCUT2D eigenvalue weighted by Gasteiger charge is 2.18. The van der Waals surface area contributed by atoms with Crippen LogP contribution in [0.5, 0.6) is 0 Å². The van der Waals surface area contributed by atoms with Crippen LogP contribution in [0.25, 0.3) is 16.2 Å². The van der Waals surface area contributed by atoms with E-state index in [0.717, 1.165) is 10.7 Å². The Morgan fingerprint density at radius 3 is 2.95 bits per heavy atom. The molecule has 0 aliphatic rings. The highest BCUT2D eigenvalue weighted by Crippen LogP contribution is 2.30. The average molecular weight is 293 g/mol. The summed E-state index contributed by atoms with van der Waals surface area (Å²) in [6.07, 6.45) is 1.83. The van der Waals surface area contributed by atoms with E-state index < -0.39 is 5.97 Å². The summed E-state index contributed by atoms with van der Waals surface area (Å²) < 4.78 is 6.57. The summed E-state index contributed by atoms with van der Waals surface area (Å²) in [5, 5.41) is 2.26. The van der Waals surface area contributed by atoms with E-state index in [4.69, 9.17) is 16.3 Å². The number of carbonyl (C=O) groups is 1. The monoisotopic (exact) mass is 292 g/mol. The van der Waals surface area contributed by atoms with Gasteiger partial charge in [-0.2, -0.15) is 0 Å². The van der Waals surface area contributed by atoms with Gasteiger partial charge in [0.2, 0.25) is 0 Å². The number of rotatable bonds is 2. The Hall–Kier alpha value is -1.85. The number of methoxy groups -OCH3 is 1. The second-order valence-electron chi connectivity index (χ2n) is 3.84. The van der Waals surface area contributed by atoms with E-state index in [1.54, 1.807) is 27.9 Å². The number of carbonyl (C=O) groups excluding carboxylic acids is 1. The van der Waals surface area contributed by atoms with Gasteiger partial charge in [0.05, 0.1) is 23.1 Å². The standard InChI is InChI=1S/C13H9ClN2O2S/c1-18-13(17)8-4-2-6-16-10(8)11(14)15-12(16)9-5-3-7-19-9/h2-7H,1H3. The fourth-order valence-electron chi connectivity index (χ4n) is 1.95. The fourth-order valence-corrected chi connectivity index (χ4v) is 2.93. The van der Waals surface area contributed by atoms with Gasteiger partial charge in [-0.25, -0.2) is 9.78 Å². The van der Waals surface area contributed by atoms with Gasteiger partial charge in [-0.1, -0.05) is 17.7 Å². The van der Waals surface area contributed by atoms with Crippen LogP contribution >= 0.6 is 22.9 Å². The predicted octanol–water partition coefficient (Wildman–Crippen LogP) is 3.50. The first-order valence-corrected chi connectivity index (χ1v) is 6.77. The molecule has 3 aromatic rings. The quantitative estimate of drug-likeness (QED) is 0.679. The van der Waals surface area contributed by atoms with E-state index in [-0.39, 0.29) is 0 Å². The number of hydrogen-bond donors (Lipinski definition) is 0. The van der Waals surface area contributed by atoms with Crippen LogP contribution in [0, 0.1) is 0 Å². The van der Waals surface area contributed by atoms with Crippen molar-refractivity contribution in [2.45, 2.75) is 0 Å². The van der Waals surface area contributed by atoms with Crippen LogP contribution in [0.2, 0.25) is 5.15 Å². The minimum absolute atomic E-state index is 0.296. The van der Waals surface area contributed by atoms with Gasteiger partial charge in [0, 0.05) is 6.20 Å². The van der Waals surface area contributed by atoms with Gasteiger partial charge < -0.3 is 4.74 Å². The number of nitrogens with zero attached hydrogens (tertiary/aromatic N) is 2. The smallest absolute Gasteiger partial charge is 0.340 e. The highest BCUT2D eigenvalue weighted by molar-refractivity contribution is 7.13. The van der Waals surface area contributed by atoms with Gasteiger partial charge in [-0.15, -0.1) is 11.3 Å². The number of imidazole rings is 1. The maximum Gasteiger partial charge on any atom is 0.340 e. The third-order valence-corrected chi connectivity index (χ3v) is 3.90. The second-order valence-corrected chi connectivity index (χ2v) is 5.14. The van der Waals surface area contributed by atoms with Crippen LogP contribution in [0.4, 0.5) is 0 Å². The third-order valence-electron chi connectivity index (χ3n) is 2.77. The van der Waals surface area contributed by atoms with Gasteiger partial charge in [0.15, 0.2) is 11.0 Å². The van der Waals surface area contributed by atoms with Crippen LogP contribution < -0.4 is 0 Å². The fraction of sp³-hybridized carbons (Fsp3) is 0.0769. The minimum atomic E-state index is -0.426. The molecule has 3 rings (SSSR count). The number of pyridine rings is 1. The molecular formula is C13H9ClN2O2S. The Kier molecular flexibility index (Phi) is 3.00. The number of esters is 1. The van der Waals surface area contributed by atoms with Gasteiger partial charge >= 0.3 is 5.97 Å². The van der Waals surface area contributed by atoms with Crippen molar-refractivity contribution < 1.29 is 9.53 Å². The summed E-state index contributed by atoms with van der Waals surface area (Å²) >= 11 is 7.73. The molecule has 0 atom stereocenters. The lowest BCUT2D eigenvalue weighted by molar-refractivity contribution is 0.0602. The molecule has 3 heterocycles. The van der Waals surface area contributed by atoms with Crippen molar-refractivity contribution >= 4 is 34.4 Å². The highest BCUT2D eigenvalue weighted by atomic mass is 35.5. The van der Waals surface area contributed by atoms with Crippen LogP contribution in [0.3, 0.4) is 0 Å². The van der Waals surface area contributed by atoms with Crippen molar-refractivity contribution in [2.75, 3.05) is 7.11 Å². The molecule has 0 aliphatic carbocycles. The summed E-state index contributed by atoms with van der Waals surface area (Å²) in [6, 6.07) is 7.35. The van der Waals surface area contributed by atoms with E-state index in [0.29, 0.717) is 16.2 Å². The Morgan fingerprint density at radius 1 is 1.42 bits per heavy atom. The Morgan fingerprint density at radius 2 is 2.26 bits per heavy atom. The van der Waals surface area contributed by atoms with E-state index in [1.807, 2.05) is 23.7 Å². The molecule has 0 fully saturated rings.